The number of carbonyl (C=O) groups excluding carboxylic acids is 1. The normalized spacial score (nSPS) is 14.6. The fourth-order valence-corrected chi connectivity index (χ4v) is 9.70. The number of hydrogen-bond acceptors (Lipinski definition) is 2. The highest BCUT2D eigenvalue weighted by Gasteiger charge is 2.47. The van der Waals surface area contributed by atoms with Crippen LogP contribution in [0.4, 0.5) is 105 Å². The first kappa shape index (κ1) is 63.2. The predicted molar refractivity (Wildman–Crippen MR) is 252 cm³/mol. The molecule has 0 spiro atoms. The van der Waals surface area contributed by atoms with E-state index in [0.29, 0.717) is 12.6 Å². The summed E-state index contributed by atoms with van der Waals surface area (Å²) in [4.78, 5) is 12.6. The summed E-state index contributed by atoms with van der Waals surface area (Å²) in [6.45, 7) is 0.341. The number of pyridine rings is 1. The molecule has 0 unspecified atom stereocenters. The van der Waals surface area contributed by atoms with Gasteiger partial charge in [0, 0.05) is 17.0 Å². The van der Waals surface area contributed by atoms with Crippen LogP contribution in [0.25, 0.3) is 10.8 Å². The predicted octanol–water partition coefficient (Wildman–Crippen LogP) is 15.9. The van der Waals surface area contributed by atoms with Crippen LogP contribution >= 0.6 is 0 Å². The Balaban J connectivity index is 0.000000313. The number of benzene rings is 6. The monoisotopic (exact) mass is 1210 g/mol. The number of Topliss-reactive ketones (excluding diaryl/α,β-unsaturated/α-hetero) is 1. The Kier molecular flexibility index (Phi) is 17.2. The van der Waals surface area contributed by atoms with E-state index in [4.69, 9.17) is 4.74 Å². The van der Waals surface area contributed by atoms with Gasteiger partial charge in [-0.25, -0.2) is 0 Å². The van der Waals surface area contributed by atoms with Crippen molar-refractivity contribution in [1.29, 1.82) is 0 Å². The van der Waals surface area contributed by atoms with E-state index in [1.165, 1.54) is 24.6 Å². The Morgan fingerprint density at radius 3 is 1.00 bits per heavy atom. The van der Waals surface area contributed by atoms with E-state index in [2.05, 4.69) is 12.1 Å². The molecule has 1 saturated carbocycles. The van der Waals surface area contributed by atoms with Crippen molar-refractivity contribution in [2.24, 2.45) is 0 Å². The van der Waals surface area contributed by atoms with Gasteiger partial charge < -0.3 is 4.74 Å². The summed E-state index contributed by atoms with van der Waals surface area (Å²) >= 11 is 0. The maximum absolute atomic E-state index is 14.2. The number of nitrogens with zero attached hydrogens (tertiary/aromatic N) is 1. The van der Waals surface area contributed by atoms with E-state index in [1.54, 1.807) is 0 Å². The fourth-order valence-electron chi connectivity index (χ4n) is 9.70. The molecule has 1 aliphatic carbocycles. The molecule has 0 aliphatic heterocycles. The lowest BCUT2D eigenvalue weighted by Crippen LogP contribution is -2.75. The summed E-state index contributed by atoms with van der Waals surface area (Å²) < 4.78 is 349. The molecule has 6 aromatic carbocycles. The number of halogens is 24. The smallest absolute Gasteiger partial charge is 0.416 e. The van der Waals surface area contributed by atoms with E-state index in [9.17, 15) is 110 Å². The Bertz CT molecular complexity index is 3030. The van der Waals surface area contributed by atoms with E-state index < -0.39 is 195 Å². The number of rotatable bonds is 9. The Morgan fingerprint density at radius 1 is 0.398 bits per heavy atom. The molecule has 444 valence electrons. The van der Waals surface area contributed by atoms with E-state index in [1.807, 2.05) is 59.4 Å². The van der Waals surface area contributed by atoms with Crippen molar-refractivity contribution in [3.05, 3.63) is 190 Å². The molecular formula is C55H36BF24NO2. The minimum Gasteiger partial charge on any atom is -0.490 e. The van der Waals surface area contributed by atoms with Crippen molar-refractivity contribution < 1.29 is 119 Å². The van der Waals surface area contributed by atoms with Crippen molar-refractivity contribution in [2.75, 3.05) is 0 Å². The minimum atomic E-state index is -6.13. The summed E-state index contributed by atoms with van der Waals surface area (Å²) in [5.74, 6) is 0.973. The van der Waals surface area contributed by atoms with Crippen molar-refractivity contribution >= 4 is 44.6 Å². The molecule has 28 heteroatoms. The summed E-state index contributed by atoms with van der Waals surface area (Å²) in [7, 11) is 0. The summed E-state index contributed by atoms with van der Waals surface area (Å²) in [6, 6.07) is 9.01. The molecule has 0 saturated heterocycles. The van der Waals surface area contributed by atoms with Crippen LogP contribution in [0.3, 0.4) is 0 Å². The summed E-state index contributed by atoms with van der Waals surface area (Å²) in [5.41, 5.74) is -29.5. The van der Waals surface area contributed by atoms with Crippen molar-refractivity contribution in [3.8, 4) is 5.75 Å². The first-order chi connectivity index (χ1) is 38.0. The molecule has 0 bridgehead atoms. The van der Waals surface area contributed by atoms with Gasteiger partial charge in [-0.05, 0) is 85.7 Å². The third kappa shape index (κ3) is 14.9. The molecular weight excluding hydrogens is 1170 g/mol. The van der Waals surface area contributed by atoms with Crippen molar-refractivity contribution in [3.63, 3.8) is 0 Å². The van der Waals surface area contributed by atoms with Crippen LogP contribution in [0.2, 0.25) is 0 Å². The zero-order valence-corrected chi connectivity index (χ0v) is 41.5. The third-order valence-electron chi connectivity index (χ3n) is 13.5. The largest absolute Gasteiger partial charge is 0.490 e. The van der Waals surface area contributed by atoms with Crippen LogP contribution < -0.4 is 31.2 Å². The Morgan fingerprint density at radius 2 is 0.699 bits per heavy atom. The maximum Gasteiger partial charge on any atom is 0.416 e. The number of alkyl halides is 24. The zero-order valence-electron chi connectivity index (χ0n) is 41.5. The SMILES string of the molecule is FC(F)(F)c1cc([B-](c2cc(C(F)(F)F)cc(C(F)(F)F)c2)(c2cc(C(F)(F)F)cc(C(F)(F)F)c2)c2cc(C(F)(F)F)cc(C(F)(F)F)c2)cc(C(F)(F)F)c1.O=C(C[n+]1ccc2ccccc2c1)c1ccc(OC2CCCCC2)cc1. The van der Waals surface area contributed by atoms with Gasteiger partial charge in [0.1, 0.15) is 11.9 Å². The second kappa shape index (κ2) is 22.6. The van der Waals surface area contributed by atoms with E-state index in [0.717, 1.165) is 29.5 Å². The van der Waals surface area contributed by atoms with Crippen molar-refractivity contribution in [1.82, 2.24) is 0 Å². The first-order valence-corrected chi connectivity index (χ1v) is 24.1. The highest BCUT2D eigenvalue weighted by Crippen LogP contribution is 2.42. The van der Waals surface area contributed by atoms with Gasteiger partial charge in [-0.15, -0.1) is 0 Å². The topological polar surface area (TPSA) is 30.2 Å². The molecule has 83 heavy (non-hydrogen) atoms. The molecule has 0 N–H and O–H groups in total. The van der Waals surface area contributed by atoms with Gasteiger partial charge in [0.05, 0.1) is 50.6 Å². The van der Waals surface area contributed by atoms with Crippen LogP contribution in [0, 0.1) is 0 Å². The lowest BCUT2D eigenvalue weighted by molar-refractivity contribution is -0.681. The highest BCUT2D eigenvalue weighted by atomic mass is 19.4. The molecule has 8 rings (SSSR count). The Hall–Kier alpha value is -7.42. The van der Waals surface area contributed by atoms with Crippen molar-refractivity contribution in [2.45, 2.75) is 94.2 Å². The van der Waals surface area contributed by atoms with Crippen LogP contribution in [-0.2, 0) is 56.0 Å². The molecule has 1 heterocycles. The number of ketones is 1. The van der Waals surface area contributed by atoms with Gasteiger partial charge in [0.15, 0.2) is 12.4 Å². The number of aromatic nitrogens is 1. The molecule has 3 nitrogen and oxygen atoms in total. The van der Waals surface area contributed by atoms with Gasteiger partial charge in [-0.2, -0.15) is 132 Å². The lowest BCUT2D eigenvalue weighted by atomic mass is 9.12. The fraction of sp³-hybridized carbons (Fsp3) is 0.273. The maximum atomic E-state index is 14.2. The highest BCUT2D eigenvalue weighted by molar-refractivity contribution is 7.20. The van der Waals surface area contributed by atoms with Crippen LogP contribution in [0.1, 0.15) is 87.0 Å². The van der Waals surface area contributed by atoms with E-state index >= 15 is 0 Å². The van der Waals surface area contributed by atoms with Crippen LogP contribution in [0.5, 0.6) is 5.75 Å². The average Bonchev–Trinajstić information content (AvgIpc) is 0.904. The number of ether oxygens (including phenoxy) is 1. The minimum absolute atomic E-state index is 0.106. The Labute approximate surface area is 453 Å². The molecule has 1 aromatic heterocycles. The zero-order chi connectivity index (χ0) is 61.7. The van der Waals surface area contributed by atoms with Gasteiger partial charge in [0.2, 0.25) is 12.3 Å². The average molecular weight is 1210 g/mol. The van der Waals surface area contributed by atoms with Gasteiger partial charge in [0.25, 0.3) is 0 Å². The number of hydrogen-bond donors (Lipinski definition) is 0. The molecule has 0 radical (unpaired) electrons. The third-order valence-corrected chi connectivity index (χ3v) is 13.5. The quantitative estimate of drug-likeness (QED) is 0.0624. The second-order valence-corrected chi connectivity index (χ2v) is 19.3. The van der Waals surface area contributed by atoms with Crippen LogP contribution in [-0.4, -0.2) is 18.0 Å². The molecule has 7 aromatic rings. The second-order valence-electron chi connectivity index (χ2n) is 19.3. The number of fused-ring (bicyclic) bond motifs is 1. The lowest BCUT2D eigenvalue weighted by Gasteiger charge is -2.46. The van der Waals surface area contributed by atoms with E-state index in [-0.39, 0.29) is 5.78 Å². The van der Waals surface area contributed by atoms with Gasteiger partial charge >= 0.3 is 49.4 Å². The standard InChI is InChI=1S/C32H12BF24.C23H24NO2/c34-25(35,36)13-1-14(26(37,38)39)6-21(5-13)33(22-7-15(27(40,41)42)2-16(8-22)28(43,44)45,23-9-17(29(46,47)48)3-18(10-23)30(49,50)51)24-11-19(31(52,53)54)4-20(12-24)32(55,56)57;25-23(17-24-15-14-18-6-4-5-7-20(18)16-24)19-10-12-22(13-11-19)26-21-8-2-1-3-9-21/h1-12H;4-7,10-16,21H,1-3,8-9,17H2/q-1;+1. The summed E-state index contributed by atoms with van der Waals surface area (Å²) in [6.07, 6.45) is -44.4. The summed E-state index contributed by atoms with van der Waals surface area (Å²) in [5, 5.41) is 2.32. The molecule has 1 fully saturated rings. The molecule has 0 amide bonds. The van der Waals surface area contributed by atoms with Gasteiger partial charge in [-0.3, -0.25) is 4.79 Å². The van der Waals surface area contributed by atoms with Crippen LogP contribution in [0.15, 0.2) is 140 Å². The molecule has 0 atom stereocenters. The molecule has 1 aliphatic rings. The number of carbonyl (C=O) groups is 1. The van der Waals surface area contributed by atoms with Gasteiger partial charge in [-0.1, -0.05) is 73.2 Å². The first-order valence-electron chi connectivity index (χ1n) is 24.1.